The average Bonchev–Trinajstić information content (AvgIpc) is 2.14. The molecule has 16 heavy (non-hydrogen) atoms. The highest BCUT2D eigenvalue weighted by atomic mass is 16.2. The zero-order valence-corrected chi connectivity index (χ0v) is 10.8. The highest BCUT2D eigenvalue weighted by Crippen LogP contribution is 2.26. The first-order valence-electron chi connectivity index (χ1n) is 5.95. The maximum atomic E-state index is 12.1. The van der Waals surface area contributed by atoms with Gasteiger partial charge in [-0.1, -0.05) is 13.3 Å². The lowest BCUT2D eigenvalue weighted by molar-refractivity contribution is -0.154. The first-order valence-corrected chi connectivity index (χ1v) is 5.95. The van der Waals surface area contributed by atoms with E-state index in [2.05, 4.69) is 12.2 Å². The van der Waals surface area contributed by atoms with E-state index in [-0.39, 0.29) is 23.4 Å². The maximum Gasteiger partial charge on any atom is 0.245 e. The predicted molar refractivity (Wildman–Crippen MR) is 62.9 cm³/mol. The number of rotatable bonds is 3. The summed E-state index contributed by atoms with van der Waals surface area (Å²) in [6, 6.07) is -0.773. The molecule has 1 rings (SSSR count). The highest BCUT2D eigenvalue weighted by molar-refractivity contribution is 5.96. The number of carbonyl (C=O) groups excluding carboxylic acids is 2. The molecule has 1 fully saturated rings. The second-order valence-corrected chi connectivity index (χ2v) is 5.18. The molecule has 0 spiro atoms. The van der Waals surface area contributed by atoms with E-state index < -0.39 is 6.04 Å². The summed E-state index contributed by atoms with van der Waals surface area (Å²) < 4.78 is 0. The fourth-order valence-corrected chi connectivity index (χ4v) is 2.47. The summed E-state index contributed by atoms with van der Waals surface area (Å²) in [6.45, 7) is 9.66. The van der Waals surface area contributed by atoms with Crippen LogP contribution in [0.1, 0.15) is 47.5 Å². The predicted octanol–water partition coefficient (Wildman–Crippen LogP) is 1.30. The Balaban J connectivity index is 2.98. The molecule has 92 valence electrons. The molecule has 1 aliphatic heterocycles. The van der Waals surface area contributed by atoms with Crippen LogP contribution in [-0.4, -0.2) is 34.3 Å². The van der Waals surface area contributed by atoms with Crippen LogP contribution < -0.4 is 5.32 Å². The molecule has 4 nitrogen and oxygen atoms in total. The topological polar surface area (TPSA) is 49.4 Å². The van der Waals surface area contributed by atoms with Gasteiger partial charge in [-0.2, -0.15) is 0 Å². The number of carbonyl (C=O) groups is 2. The molecule has 0 radical (unpaired) electrons. The van der Waals surface area contributed by atoms with E-state index in [1.807, 2.05) is 13.8 Å². The third kappa shape index (κ3) is 2.20. The molecule has 2 amide bonds. The van der Waals surface area contributed by atoms with Crippen LogP contribution in [-0.2, 0) is 9.59 Å². The summed E-state index contributed by atoms with van der Waals surface area (Å²) in [6.07, 6.45) is 1.91. The summed E-state index contributed by atoms with van der Waals surface area (Å²) in [5, 5.41) is 2.69. The monoisotopic (exact) mass is 226 g/mol. The normalized spacial score (nSPS) is 26.9. The Labute approximate surface area is 97.4 Å². The third-order valence-corrected chi connectivity index (χ3v) is 3.25. The minimum atomic E-state index is -0.403. The molecule has 0 aromatic rings. The van der Waals surface area contributed by atoms with Gasteiger partial charge in [-0.05, 0) is 34.1 Å². The molecule has 0 aromatic heterocycles. The van der Waals surface area contributed by atoms with Gasteiger partial charge < -0.3 is 10.2 Å². The largest absolute Gasteiger partial charge is 0.343 e. The zero-order chi connectivity index (χ0) is 12.5. The van der Waals surface area contributed by atoms with Crippen molar-refractivity contribution in [2.75, 3.05) is 0 Å². The van der Waals surface area contributed by atoms with Gasteiger partial charge in [-0.25, -0.2) is 0 Å². The molecule has 0 bridgehead atoms. The number of amides is 2. The molecule has 1 N–H and O–H groups in total. The number of nitrogens with one attached hydrogen (secondary N) is 1. The van der Waals surface area contributed by atoms with Crippen LogP contribution in [0.25, 0.3) is 0 Å². The van der Waals surface area contributed by atoms with Crippen LogP contribution >= 0.6 is 0 Å². The third-order valence-electron chi connectivity index (χ3n) is 3.25. The number of hydrogen-bond acceptors (Lipinski definition) is 2. The summed E-state index contributed by atoms with van der Waals surface area (Å²) in [5.74, 6) is -0.0400. The Bertz CT molecular complexity index is 299. The van der Waals surface area contributed by atoms with E-state index in [4.69, 9.17) is 0 Å². The van der Waals surface area contributed by atoms with E-state index in [1.165, 1.54) is 0 Å². The molecule has 0 saturated carbocycles. The summed E-state index contributed by atoms with van der Waals surface area (Å²) >= 11 is 0. The SMILES string of the molecule is CCCC(C)(C)N1C(=O)C(C)NC(=O)C1C. The second-order valence-electron chi connectivity index (χ2n) is 5.18. The highest BCUT2D eigenvalue weighted by Gasteiger charge is 2.42. The van der Waals surface area contributed by atoms with Gasteiger partial charge in [-0.3, -0.25) is 9.59 Å². The van der Waals surface area contributed by atoms with Gasteiger partial charge in [0.05, 0.1) is 0 Å². The van der Waals surface area contributed by atoms with Crippen molar-refractivity contribution in [2.45, 2.75) is 65.1 Å². The van der Waals surface area contributed by atoms with Gasteiger partial charge in [-0.15, -0.1) is 0 Å². The van der Waals surface area contributed by atoms with E-state index in [0.29, 0.717) is 0 Å². The van der Waals surface area contributed by atoms with E-state index in [9.17, 15) is 9.59 Å². The Kier molecular flexibility index (Phi) is 3.61. The van der Waals surface area contributed by atoms with Gasteiger partial charge in [0.15, 0.2) is 0 Å². The second kappa shape index (κ2) is 4.44. The maximum absolute atomic E-state index is 12.1. The summed E-state index contributed by atoms with van der Waals surface area (Å²) in [7, 11) is 0. The van der Waals surface area contributed by atoms with Crippen molar-refractivity contribution in [3.05, 3.63) is 0 Å². The van der Waals surface area contributed by atoms with E-state index in [1.54, 1.807) is 18.7 Å². The Morgan fingerprint density at radius 1 is 1.31 bits per heavy atom. The lowest BCUT2D eigenvalue weighted by atomic mass is 9.92. The van der Waals surface area contributed by atoms with Gasteiger partial charge in [0.2, 0.25) is 11.8 Å². The van der Waals surface area contributed by atoms with E-state index in [0.717, 1.165) is 12.8 Å². The van der Waals surface area contributed by atoms with E-state index >= 15 is 0 Å². The minimum Gasteiger partial charge on any atom is -0.343 e. The Morgan fingerprint density at radius 3 is 2.38 bits per heavy atom. The molecular formula is C12H22N2O2. The van der Waals surface area contributed by atoms with Gasteiger partial charge in [0.1, 0.15) is 12.1 Å². The fourth-order valence-electron chi connectivity index (χ4n) is 2.47. The molecule has 1 aliphatic rings. The van der Waals surface area contributed by atoms with Crippen molar-refractivity contribution < 1.29 is 9.59 Å². The van der Waals surface area contributed by atoms with Crippen LogP contribution in [0.5, 0.6) is 0 Å². The van der Waals surface area contributed by atoms with Crippen LogP contribution in [0.3, 0.4) is 0 Å². The first-order chi connectivity index (χ1) is 7.31. The first kappa shape index (κ1) is 13.0. The summed E-state index contributed by atoms with van der Waals surface area (Å²) in [4.78, 5) is 25.6. The van der Waals surface area contributed by atoms with Crippen LogP contribution in [0.4, 0.5) is 0 Å². The molecule has 1 saturated heterocycles. The Hall–Kier alpha value is -1.06. The van der Waals surface area contributed by atoms with Crippen molar-refractivity contribution in [3.63, 3.8) is 0 Å². The number of nitrogens with zero attached hydrogens (tertiary/aromatic N) is 1. The van der Waals surface area contributed by atoms with Crippen LogP contribution in [0.15, 0.2) is 0 Å². The van der Waals surface area contributed by atoms with Crippen LogP contribution in [0, 0.1) is 0 Å². The number of piperazine rings is 1. The molecule has 2 atom stereocenters. The fraction of sp³-hybridized carbons (Fsp3) is 0.833. The minimum absolute atomic E-state index is 0.0190. The Morgan fingerprint density at radius 2 is 1.88 bits per heavy atom. The summed E-state index contributed by atoms with van der Waals surface area (Å²) in [5.41, 5.74) is -0.253. The number of hydrogen-bond donors (Lipinski definition) is 1. The van der Waals surface area contributed by atoms with Crippen LogP contribution in [0.2, 0.25) is 0 Å². The smallest absolute Gasteiger partial charge is 0.245 e. The lowest BCUT2D eigenvalue weighted by Gasteiger charge is -2.46. The van der Waals surface area contributed by atoms with Crippen molar-refractivity contribution in [1.29, 1.82) is 0 Å². The van der Waals surface area contributed by atoms with Crippen molar-refractivity contribution >= 4 is 11.8 Å². The van der Waals surface area contributed by atoms with Gasteiger partial charge in [0.25, 0.3) is 0 Å². The van der Waals surface area contributed by atoms with Gasteiger partial charge in [0, 0.05) is 5.54 Å². The molecule has 0 aliphatic carbocycles. The lowest BCUT2D eigenvalue weighted by Crippen LogP contribution is -2.66. The molecule has 2 unspecified atom stereocenters. The van der Waals surface area contributed by atoms with Crippen molar-refractivity contribution in [3.8, 4) is 0 Å². The molecule has 4 heteroatoms. The molecule has 0 aromatic carbocycles. The van der Waals surface area contributed by atoms with Crippen molar-refractivity contribution in [2.24, 2.45) is 0 Å². The molecule has 1 heterocycles. The van der Waals surface area contributed by atoms with Crippen molar-refractivity contribution in [1.82, 2.24) is 10.2 Å². The average molecular weight is 226 g/mol. The molecular weight excluding hydrogens is 204 g/mol. The quantitative estimate of drug-likeness (QED) is 0.788. The zero-order valence-electron chi connectivity index (χ0n) is 10.8. The standard InChI is InChI=1S/C12H22N2O2/c1-6-7-12(4,5)14-9(3)10(15)13-8(2)11(14)16/h8-9H,6-7H2,1-5H3,(H,13,15). The van der Waals surface area contributed by atoms with Gasteiger partial charge >= 0.3 is 0 Å².